The highest BCUT2D eigenvalue weighted by atomic mass is 16.6. The number of carbonyl (C=O) groups excluding carboxylic acids is 1. The van der Waals surface area contributed by atoms with Crippen molar-refractivity contribution < 1.29 is 19.4 Å². The van der Waals surface area contributed by atoms with Gasteiger partial charge >= 0.3 is 6.09 Å². The number of benzene rings is 3. The van der Waals surface area contributed by atoms with Gasteiger partial charge in [0.25, 0.3) is 0 Å². The van der Waals surface area contributed by atoms with Crippen LogP contribution in [0.1, 0.15) is 36.0 Å². The van der Waals surface area contributed by atoms with E-state index >= 15 is 0 Å². The number of aliphatic hydroxyl groups excluding tert-OH is 1. The Hall–Kier alpha value is -3.15. The first-order valence-corrected chi connectivity index (χ1v) is 11.0. The number of primary amides is 1. The van der Waals surface area contributed by atoms with Gasteiger partial charge in [0.1, 0.15) is 11.7 Å². The first-order chi connectivity index (χ1) is 15.6. The number of carbonyl (C=O) groups is 1. The number of hydrogen-bond donors (Lipinski definition) is 2. The second kappa shape index (κ2) is 9.98. The van der Waals surface area contributed by atoms with Crippen molar-refractivity contribution in [2.45, 2.75) is 37.1 Å². The summed E-state index contributed by atoms with van der Waals surface area (Å²) < 4.78 is 12.3. The molecule has 1 aliphatic rings. The zero-order valence-corrected chi connectivity index (χ0v) is 18.0. The van der Waals surface area contributed by atoms with Gasteiger partial charge in [0, 0.05) is 12.5 Å². The minimum Gasteiger partial charge on any atom is -0.446 e. The van der Waals surface area contributed by atoms with E-state index in [1.54, 1.807) is 0 Å². The van der Waals surface area contributed by atoms with Crippen LogP contribution in [0.5, 0.6) is 0 Å². The molecule has 5 heteroatoms. The molecule has 4 rings (SSSR count). The van der Waals surface area contributed by atoms with Gasteiger partial charge < -0.3 is 20.3 Å². The number of hydrogen-bond acceptors (Lipinski definition) is 4. The number of ether oxygens (including phenoxy) is 2. The summed E-state index contributed by atoms with van der Waals surface area (Å²) in [6, 6.07) is 30.7. The maximum Gasteiger partial charge on any atom is 0.404 e. The quantitative estimate of drug-likeness (QED) is 0.535. The first-order valence-electron chi connectivity index (χ1n) is 11.0. The highest BCUT2D eigenvalue weighted by molar-refractivity contribution is 5.64. The Morgan fingerprint density at radius 3 is 1.72 bits per heavy atom. The predicted molar refractivity (Wildman–Crippen MR) is 123 cm³/mol. The third-order valence-corrected chi connectivity index (χ3v) is 6.25. The molecule has 1 amide bonds. The van der Waals surface area contributed by atoms with Crippen LogP contribution >= 0.6 is 0 Å². The number of amides is 1. The molecule has 0 aliphatic heterocycles. The third-order valence-electron chi connectivity index (χ3n) is 6.25. The van der Waals surface area contributed by atoms with Gasteiger partial charge in [-0.1, -0.05) is 91.0 Å². The lowest BCUT2D eigenvalue weighted by Crippen LogP contribution is -2.43. The Morgan fingerprint density at radius 1 is 0.844 bits per heavy atom. The Kier molecular flexibility index (Phi) is 6.88. The van der Waals surface area contributed by atoms with Gasteiger partial charge in [-0.2, -0.15) is 0 Å². The van der Waals surface area contributed by atoms with Gasteiger partial charge in [0.2, 0.25) is 0 Å². The van der Waals surface area contributed by atoms with Crippen LogP contribution in [-0.2, 0) is 15.1 Å². The van der Waals surface area contributed by atoms with Crippen molar-refractivity contribution in [1.82, 2.24) is 0 Å². The average Bonchev–Trinajstić information content (AvgIpc) is 2.84. The fraction of sp³-hybridized carbons (Fsp3) is 0.296. The lowest BCUT2D eigenvalue weighted by molar-refractivity contribution is -0.0993. The minimum atomic E-state index is -0.814. The SMILES string of the molecule is NC(=O)O[C@H]1CC[C@@H](OC(c2ccccc2)(c2ccccc2)c2ccccc2)C[C@@H]1CO. The van der Waals surface area contributed by atoms with Gasteiger partial charge in [0.05, 0.1) is 6.10 Å². The van der Waals surface area contributed by atoms with Crippen LogP contribution in [0.25, 0.3) is 0 Å². The molecule has 3 aromatic carbocycles. The van der Waals surface area contributed by atoms with Crippen molar-refractivity contribution in [1.29, 1.82) is 0 Å². The number of nitrogens with two attached hydrogens (primary N) is 1. The largest absolute Gasteiger partial charge is 0.446 e. The Morgan fingerprint density at radius 2 is 1.31 bits per heavy atom. The van der Waals surface area contributed by atoms with E-state index in [1.807, 2.05) is 54.6 Å². The molecule has 166 valence electrons. The zero-order valence-electron chi connectivity index (χ0n) is 18.0. The van der Waals surface area contributed by atoms with Gasteiger partial charge in [-0.15, -0.1) is 0 Å². The summed E-state index contributed by atoms with van der Waals surface area (Å²) in [6.45, 7) is -0.0905. The van der Waals surface area contributed by atoms with E-state index in [1.165, 1.54) is 0 Å². The van der Waals surface area contributed by atoms with Crippen molar-refractivity contribution in [3.63, 3.8) is 0 Å². The van der Waals surface area contributed by atoms with E-state index in [9.17, 15) is 9.90 Å². The van der Waals surface area contributed by atoms with E-state index in [0.29, 0.717) is 19.3 Å². The topological polar surface area (TPSA) is 81.8 Å². The average molecular weight is 432 g/mol. The van der Waals surface area contributed by atoms with E-state index in [4.69, 9.17) is 15.2 Å². The van der Waals surface area contributed by atoms with Crippen LogP contribution in [-0.4, -0.2) is 30.0 Å². The van der Waals surface area contributed by atoms with Crippen LogP contribution in [0, 0.1) is 5.92 Å². The van der Waals surface area contributed by atoms with Crippen molar-refractivity contribution in [2.75, 3.05) is 6.61 Å². The summed E-state index contributed by atoms with van der Waals surface area (Å²) in [6.07, 6.45) is 0.524. The molecule has 0 saturated heterocycles. The summed E-state index contributed by atoms with van der Waals surface area (Å²) in [5, 5.41) is 9.95. The molecule has 0 unspecified atom stereocenters. The Balaban J connectivity index is 1.76. The van der Waals surface area contributed by atoms with Crippen molar-refractivity contribution in [2.24, 2.45) is 11.7 Å². The summed E-state index contributed by atoms with van der Waals surface area (Å²) in [7, 11) is 0. The van der Waals surface area contributed by atoms with Crippen LogP contribution in [0.2, 0.25) is 0 Å². The maximum atomic E-state index is 11.3. The maximum absolute atomic E-state index is 11.3. The molecule has 1 saturated carbocycles. The molecular weight excluding hydrogens is 402 g/mol. The van der Waals surface area contributed by atoms with Gasteiger partial charge in [0.15, 0.2) is 0 Å². The molecule has 1 aliphatic carbocycles. The Labute approximate surface area is 188 Å². The van der Waals surface area contributed by atoms with Crippen molar-refractivity contribution >= 4 is 6.09 Å². The second-order valence-electron chi connectivity index (χ2n) is 8.25. The predicted octanol–water partition coefficient (Wildman–Crippen LogP) is 4.62. The number of rotatable bonds is 7. The Bertz CT molecular complexity index is 897. The van der Waals surface area contributed by atoms with E-state index < -0.39 is 17.8 Å². The fourth-order valence-corrected chi connectivity index (χ4v) is 4.77. The summed E-state index contributed by atoms with van der Waals surface area (Å²) in [4.78, 5) is 11.3. The summed E-state index contributed by atoms with van der Waals surface area (Å²) in [5.41, 5.74) is 7.52. The monoisotopic (exact) mass is 431 g/mol. The molecule has 3 N–H and O–H groups in total. The first kappa shape index (κ1) is 22.1. The van der Waals surface area contributed by atoms with Crippen LogP contribution < -0.4 is 5.73 Å². The highest BCUT2D eigenvalue weighted by Gasteiger charge is 2.42. The van der Waals surface area contributed by atoms with Crippen LogP contribution in [0.3, 0.4) is 0 Å². The van der Waals surface area contributed by atoms with Crippen molar-refractivity contribution in [3.05, 3.63) is 108 Å². The molecular formula is C27H29NO4. The smallest absolute Gasteiger partial charge is 0.404 e. The highest BCUT2D eigenvalue weighted by Crippen LogP contribution is 2.44. The molecule has 0 spiro atoms. The summed E-state index contributed by atoms with van der Waals surface area (Å²) in [5.74, 6) is -0.221. The molecule has 0 heterocycles. The van der Waals surface area contributed by atoms with Gasteiger partial charge in [-0.05, 0) is 36.0 Å². The molecule has 3 atom stereocenters. The lowest BCUT2D eigenvalue weighted by atomic mass is 9.78. The molecule has 0 radical (unpaired) electrons. The van der Waals surface area contributed by atoms with E-state index in [-0.39, 0.29) is 18.6 Å². The standard InChI is InChI=1S/C27H29NO4/c28-26(30)31-25-17-16-24(18-20(25)19-29)32-27(21-10-4-1-5-11-21,22-12-6-2-7-13-22)23-14-8-3-9-15-23/h1-15,20,24-25,29H,16-19H2,(H2,28,30)/t20-,24-,25+/m1/s1. The molecule has 32 heavy (non-hydrogen) atoms. The molecule has 3 aromatic rings. The number of aliphatic hydroxyl groups is 1. The van der Waals surface area contributed by atoms with Crippen molar-refractivity contribution in [3.8, 4) is 0 Å². The fourth-order valence-electron chi connectivity index (χ4n) is 4.77. The summed E-state index contributed by atoms with van der Waals surface area (Å²) >= 11 is 0. The molecule has 5 nitrogen and oxygen atoms in total. The molecule has 1 fully saturated rings. The van der Waals surface area contributed by atoms with Crippen LogP contribution in [0.4, 0.5) is 4.79 Å². The molecule has 0 bridgehead atoms. The van der Waals surface area contributed by atoms with Gasteiger partial charge in [-0.25, -0.2) is 4.79 Å². The normalized spacial score (nSPS) is 21.1. The van der Waals surface area contributed by atoms with Crippen LogP contribution in [0.15, 0.2) is 91.0 Å². The third kappa shape index (κ3) is 4.54. The lowest BCUT2D eigenvalue weighted by Gasteiger charge is -2.42. The zero-order chi connectivity index (χ0) is 22.4. The van der Waals surface area contributed by atoms with E-state index in [2.05, 4.69) is 36.4 Å². The van der Waals surface area contributed by atoms with Gasteiger partial charge in [-0.3, -0.25) is 0 Å². The second-order valence-corrected chi connectivity index (χ2v) is 8.25. The molecule has 0 aromatic heterocycles. The van der Waals surface area contributed by atoms with E-state index in [0.717, 1.165) is 16.7 Å². The minimum absolute atomic E-state index is 0.0905.